The average molecular weight is 726 g/mol. The first kappa shape index (κ1) is 36.8. The van der Waals surface area contributed by atoms with Crippen LogP contribution in [0.15, 0.2) is 126 Å². The Morgan fingerprint density at radius 1 is 0.808 bits per heavy atom. The zero-order valence-corrected chi connectivity index (χ0v) is 30.1. The van der Waals surface area contributed by atoms with E-state index in [2.05, 4.69) is 10.3 Å². The number of methoxy groups -OCH3 is 2. The van der Waals surface area contributed by atoms with Crippen LogP contribution in [-0.2, 0) is 28.6 Å². The zero-order valence-electron chi connectivity index (χ0n) is 29.2. The molecule has 0 bridgehead atoms. The van der Waals surface area contributed by atoms with Gasteiger partial charge in [0.15, 0.2) is 0 Å². The van der Waals surface area contributed by atoms with E-state index in [-0.39, 0.29) is 24.8 Å². The number of nitrogens with zero attached hydrogens (tertiary/aromatic N) is 2. The average Bonchev–Trinajstić information content (AvgIpc) is 3.60. The number of nitrogens with one attached hydrogen (secondary N) is 1. The van der Waals surface area contributed by atoms with Gasteiger partial charge in [-0.1, -0.05) is 72.8 Å². The maximum atomic E-state index is 13.4. The van der Waals surface area contributed by atoms with Gasteiger partial charge in [-0.3, -0.25) is 9.36 Å². The van der Waals surface area contributed by atoms with Crippen molar-refractivity contribution in [2.75, 3.05) is 40.4 Å². The quantitative estimate of drug-likeness (QED) is 0.0919. The molecule has 270 valence electrons. The first-order valence-electron chi connectivity index (χ1n) is 16.5. The molecule has 52 heavy (non-hydrogen) atoms. The normalized spacial score (nSPS) is 17.2. The van der Waals surface area contributed by atoms with Gasteiger partial charge in [0.05, 0.1) is 26.9 Å². The zero-order chi connectivity index (χ0) is 36.5. The van der Waals surface area contributed by atoms with Crippen molar-refractivity contribution in [2.24, 2.45) is 0 Å². The molecule has 0 unspecified atom stereocenters. The van der Waals surface area contributed by atoms with Crippen molar-refractivity contribution in [3.8, 4) is 11.5 Å². The summed E-state index contributed by atoms with van der Waals surface area (Å²) >= 11 is 0. The van der Waals surface area contributed by atoms with E-state index >= 15 is 0 Å². The van der Waals surface area contributed by atoms with Crippen LogP contribution in [0.3, 0.4) is 0 Å². The fourth-order valence-electron chi connectivity index (χ4n) is 6.16. The Hall–Kier alpha value is -4.94. The molecular weight excluding hydrogens is 685 g/mol. The van der Waals surface area contributed by atoms with Crippen molar-refractivity contribution in [2.45, 2.75) is 30.5 Å². The monoisotopic (exact) mass is 725 g/mol. The molecule has 13 heteroatoms. The number of carbonyl (C=O) groups is 1. The van der Waals surface area contributed by atoms with E-state index in [9.17, 15) is 9.59 Å². The third-order valence-electron chi connectivity index (χ3n) is 8.76. The van der Waals surface area contributed by atoms with Crippen molar-refractivity contribution >= 4 is 20.3 Å². The van der Waals surface area contributed by atoms with Crippen LogP contribution in [0.4, 0.5) is 5.82 Å². The van der Waals surface area contributed by atoms with Crippen molar-refractivity contribution in [1.82, 2.24) is 9.55 Å². The summed E-state index contributed by atoms with van der Waals surface area (Å²) in [5, 5.41) is 2.68. The van der Waals surface area contributed by atoms with Gasteiger partial charge in [-0.25, -0.2) is 4.79 Å². The van der Waals surface area contributed by atoms with Crippen molar-refractivity contribution in [3.05, 3.63) is 154 Å². The predicted octanol–water partition coefficient (Wildman–Crippen LogP) is 6.71. The number of hydrogen-bond acceptors (Lipinski definition) is 10. The number of ether oxygens (including phenoxy) is 4. The second kappa shape index (κ2) is 17.1. The molecule has 1 aliphatic heterocycles. The van der Waals surface area contributed by atoms with Gasteiger partial charge in [-0.05, 0) is 59.2 Å². The number of hydrogen-bond donors (Lipinski definition) is 1. The van der Waals surface area contributed by atoms with E-state index < -0.39 is 38.3 Å². The molecule has 1 N–H and O–H groups in total. The van der Waals surface area contributed by atoms with Crippen molar-refractivity contribution in [3.63, 3.8) is 0 Å². The molecule has 4 aromatic carbocycles. The molecule has 0 aliphatic carbocycles. The third kappa shape index (κ3) is 8.08. The Bertz CT molecular complexity index is 1910. The maximum Gasteiger partial charge on any atom is 0.351 e. The summed E-state index contributed by atoms with van der Waals surface area (Å²) in [6.07, 6.45) is -0.236. The van der Waals surface area contributed by atoms with E-state index in [0.717, 1.165) is 16.7 Å². The van der Waals surface area contributed by atoms with Gasteiger partial charge in [0.1, 0.15) is 35.2 Å². The fourth-order valence-corrected chi connectivity index (χ4v) is 6.93. The first-order chi connectivity index (χ1) is 25.4. The molecule has 0 saturated carbocycles. The number of anilines is 1. The predicted molar refractivity (Wildman–Crippen MR) is 195 cm³/mol. The molecule has 3 atom stereocenters. The summed E-state index contributed by atoms with van der Waals surface area (Å²) in [5.74, 6) is 1.15. The Labute approximate surface area is 303 Å². The van der Waals surface area contributed by atoms with E-state index in [1.165, 1.54) is 18.8 Å². The highest BCUT2D eigenvalue weighted by Gasteiger charge is 2.44. The minimum Gasteiger partial charge on any atom is -0.497 e. The van der Waals surface area contributed by atoms with Crippen LogP contribution in [0.5, 0.6) is 11.5 Å². The number of aromatic nitrogens is 2. The molecule has 0 radical (unpaired) electrons. The van der Waals surface area contributed by atoms with E-state index in [1.807, 2.05) is 84.9 Å². The molecule has 1 aromatic heterocycles. The Kier molecular flexibility index (Phi) is 12.1. The molecular formula is C39H40N3O9P. The van der Waals surface area contributed by atoms with Crippen LogP contribution >= 0.6 is 8.60 Å². The number of rotatable bonds is 15. The lowest BCUT2D eigenvalue weighted by molar-refractivity contribution is -0.0926. The molecule has 5 aromatic rings. The van der Waals surface area contributed by atoms with Gasteiger partial charge in [-0.15, -0.1) is 0 Å². The minimum absolute atomic E-state index is 0.0398. The van der Waals surface area contributed by atoms with Gasteiger partial charge in [0.25, 0.3) is 5.91 Å². The Morgan fingerprint density at radius 2 is 1.37 bits per heavy atom. The van der Waals surface area contributed by atoms with Crippen molar-refractivity contribution in [1.29, 1.82) is 0 Å². The van der Waals surface area contributed by atoms with E-state index in [0.29, 0.717) is 17.1 Å². The molecule has 12 nitrogen and oxygen atoms in total. The van der Waals surface area contributed by atoms with E-state index in [4.69, 9.17) is 32.5 Å². The lowest BCUT2D eigenvalue weighted by atomic mass is 9.80. The van der Waals surface area contributed by atoms with Crippen LogP contribution in [0.25, 0.3) is 0 Å². The second-order valence-electron chi connectivity index (χ2n) is 11.7. The molecule has 6 rings (SSSR count). The Morgan fingerprint density at radius 3 is 1.90 bits per heavy atom. The molecule has 1 saturated heterocycles. The standard InChI is InChI=1S/C39H40N3O9P/c1-45-31-19-15-29(16-20-31)39(28-13-9-6-10-14-28,30-17-21-32(46-2)22-18-30)49-26-34-33(51-52(47-3)48-4)25-36(50-34)42-24-23-35(41-38(42)44)40-37(43)27-11-7-5-8-12-27/h5-24,33-34,36H,25-26H2,1-4H3,(H,40,41,43,44)/t33-,34+,36+/m0/s1. The SMILES string of the molecule is COc1ccc(C(OC[C@H]2O[C@@H](n3ccc(NC(=O)c4ccccc4)nc3=O)C[C@@H]2OP(OC)OC)(c2ccccc2)c2ccc(OC)cc2)cc1. The number of benzene rings is 4. The fraction of sp³-hybridized carbons (Fsp3) is 0.256. The van der Waals surface area contributed by atoms with Crippen LogP contribution in [0.1, 0.15) is 39.7 Å². The summed E-state index contributed by atoms with van der Waals surface area (Å²) in [4.78, 5) is 30.2. The third-order valence-corrected chi connectivity index (χ3v) is 9.79. The van der Waals surface area contributed by atoms with Gasteiger partial charge in [0, 0.05) is 32.4 Å². The highest BCUT2D eigenvalue weighted by atomic mass is 31.2. The molecule has 0 spiro atoms. The van der Waals surface area contributed by atoms with Crippen LogP contribution in [0, 0.1) is 0 Å². The van der Waals surface area contributed by atoms with Gasteiger partial charge in [0.2, 0.25) is 0 Å². The lowest BCUT2D eigenvalue weighted by Crippen LogP contribution is -2.38. The summed E-state index contributed by atoms with van der Waals surface area (Å²) in [5.41, 5.74) is 1.30. The maximum absolute atomic E-state index is 13.4. The van der Waals surface area contributed by atoms with Gasteiger partial charge < -0.3 is 37.8 Å². The Balaban J connectivity index is 1.33. The highest BCUT2D eigenvalue weighted by molar-refractivity contribution is 7.41. The summed E-state index contributed by atoms with van der Waals surface area (Å²) < 4.78 is 43.1. The lowest BCUT2D eigenvalue weighted by Gasteiger charge is -2.37. The number of carbonyl (C=O) groups excluding carboxylic acids is 1. The van der Waals surface area contributed by atoms with E-state index in [1.54, 1.807) is 50.7 Å². The minimum atomic E-state index is -1.72. The van der Waals surface area contributed by atoms with Crippen molar-refractivity contribution < 1.29 is 37.3 Å². The molecule has 1 amide bonds. The van der Waals surface area contributed by atoms with Crippen LogP contribution in [0.2, 0.25) is 0 Å². The summed E-state index contributed by atoms with van der Waals surface area (Å²) in [6, 6.07) is 35.6. The molecule has 1 fully saturated rings. The number of amides is 1. The molecule has 2 heterocycles. The highest BCUT2D eigenvalue weighted by Crippen LogP contribution is 2.46. The first-order valence-corrected chi connectivity index (χ1v) is 17.6. The van der Waals surface area contributed by atoms with Gasteiger partial charge >= 0.3 is 14.3 Å². The second-order valence-corrected chi connectivity index (χ2v) is 13.1. The van der Waals surface area contributed by atoms with Crippen LogP contribution < -0.4 is 20.5 Å². The summed E-state index contributed by atoms with van der Waals surface area (Å²) in [6.45, 7) is 0.0398. The van der Waals surface area contributed by atoms with Crippen LogP contribution in [-0.4, -0.2) is 62.7 Å². The topological polar surface area (TPSA) is 129 Å². The molecule has 1 aliphatic rings. The largest absolute Gasteiger partial charge is 0.497 e. The summed E-state index contributed by atoms with van der Waals surface area (Å²) in [7, 11) is 4.52. The van der Waals surface area contributed by atoms with Gasteiger partial charge in [-0.2, -0.15) is 4.98 Å². The smallest absolute Gasteiger partial charge is 0.351 e.